The molecule has 0 bridgehead atoms. The largest absolute Gasteiger partial charge is 0.497 e. The van der Waals surface area contributed by atoms with Crippen LogP contribution in [0.4, 0.5) is 20.3 Å². The predicted molar refractivity (Wildman–Crippen MR) is 126 cm³/mol. The zero-order chi connectivity index (χ0) is 23.5. The summed E-state index contributed by atoms with van der Waals surface area (Å²) in [5.41, 5.74) is 1.74. The molecule has 2 aromatic heterocycles. The number of hydrogen-bond acceptors (Lipinski definition) is 6. The molecule has 4 rings (SSSR count). The Morgan fingerprint density at radius 2 is 1.88 bits per heavy atom. The van der Waals surface area contributed by atoms with E-state index in [1.807, 2.05) is 36.2 Å². The van der Waals surface area contributed by atoms with Gasteiger partial charge < -0.3 is 14.6 Å². The zero-order valence-corrected chi connectivity index (χ0v) is 19.2. The highest BCUT2D eigenvalue weighted by Crippen LogP contribution is 2.31. The van der Waals surface area contributed by atoms with Crippen LogP contribution in [0.25, 0.3) is 11.2 Å². The number of imidazole rings is 1. The van der Waals surface area contributed by atoms with Crippen LogP contribution in [0.1, 0.15) is 18.9 Å². The van der Waals surface area contributed by atoms with Gasteiger partial charge in [-0.15, -0.1) is 0 Å². The van der Waals surface area contributed by atoms with Crippen molar-refractivity contribution in [2.45, 2.75) is 25.0 Å². The molecule has 0 aliphatic carbocycles. The normalized spacial score (nSPS) is 11.2. The summed E-state index contributed by atoms with van der Waals surface area (Å²) in [4.78, 5) is 26.8. The van der Waals surface area contributed by atoms with Gasteiger partial charge in [-0.25, -0.2) is 23.5 Å². The first-order valence-electron chi connectivity index (χ1n) is 10.4. The van der Waals surface area contributed by atoms with Crippen LogP contribution in [0.3, 0.4) is 0 Å². The molecule has 1 N–H and O–H groups in total. The monoisotopic (exact) mass is 471 g/mol. The van der Waals surface area contributed by atoms with Crippen molar-refractivity contribution < 1.29 is 13.5 Å². The number of thioether (sulfide) groups is 1. The minimum absolute atomic E-state index is 0.0383. The van der Waals surface area contributed by atoms with Crippen LogP contribution in [0.5, 0.6) is 5.75 Å². The predicted octanol–water partition coefficient (Wildman–Crippen LogP) is 4.72. The number of hydrogen-bond donors (Lipinski definition) is 1. The second kappa shape index (κ2) is 9.62. The molecule has 0 aliphatic rings. The zero-order valence-electron chi connectivity index (χ0n) is 18.4. The molecule has 2 heterocycles. The van der Waals surface area contributed by atoms with Gasteiger partial charge in [-0.2, -0.15) is 0 Å². The molecule has 0 atom stereocenters. The number of aromatic amines is 1. The minimum atomic E-state index is -0.964. The standard InChI is InChI=1S/C23H23F2N5O2S/c1-4-11-33-22-27-20(29(2)15-6-8-16(32-3)9-7-15)19-21(28-22)30(23(31)26-19)13-14-5-10-17(24)18(25)12-14/h5-10,12H,4,11,13H2,1-3H3,(H,26,31). The first-order chi connectivity index (χ1) is 15.9. The lowest BCUT2D eigenvalue weighted by Gasteiger charge is -2.20. The lowest BCUT2D eigenvalue weighted by molar-refractivity contribution is 0.415. The third-order valence-electron chi connectivity index (χ3n) is 5.12. The summed E-state index contributed by atoms with van der Waals surface area (Å²) in [5.74, 6) is 0.174. The molecule has 0 amide bonds. The third kappa shape index (κ3) is 4.70. The Balaban J connectivity index is 1.82. The van der Waals surface area contributed by atoms with Gasteiger partial charge in [0.1, 0.15) is 11.3 Å². The molecule has 172 valence electrons. The second-order valence-corrected chi connectivity index (χ2v) is 8.46. The third-order valence-corrected chi connectivity index (χ3v) is 6.17. The number of fused-ring (bicyclic) bond motifs is 1. The van der Waals surface area contributed by atoms with Crippen LogP contribution >= 0.6 is 11.8 Å². The number of rotatable bonds is 8. The number of nitrogens with zero attached hydrogens (tertiary/aromatic N) is 4. The Labute approximate surface area is 193 Å². The Bertz CT molecular complexity index is 1340. The highest BCUT2D eigenvalue weighted by atomic mass is 32.2. The number of anilines is 2. The highest BCUT2D eigenvalue weighted by molar-refractivity contribution is 7.99. The van der Waals surface area contributed by atoms with Gasteiger partial charge in [-0.1, -0.05) is 24.8 Å². The topological polar surface area (TPSA) is 76.0 Å². The SMILES string of the molecule is CCCSc1nc(N(C)c2ccc(OC)cc2)c2[nH]c(=O)n(Cc3ccc(F)c(F)c3)c2n1. The number of halogens is 2. The summed E-state index contributed by atoms with van der Waals surface area (Å²) in [5, 5.41) is 0.526. The quantitative estimate of drug-likeness (QED) is 0.296. The van der Waals surface area contributed by atoms with E-state index in [9.17, 15) is 13.6 Å². The van der Waals surface area contributed by atoms with Crippen molar-refractivity contribution in [3.05, 3.63) is 70.1 Å². The van der Waals surface area contributed by atoms with Crippen LogP contribution in [0.15, 0.2) is 52.4 Å². The molecule has 4 aromatic rings. The number of nitrogens with one attached hydrogen (secondary N) is 1. The molecule has 0 unspecified atom stereocenters. The highest BCUT2D eigenvalue weighted by Gasteiger charge is 2.20. The van der Waals surface area contributed by atoms with Crippen LogP contribution in [0.2, 0.25) is 0 Å². The van der Waals surface area contributed by atoms with E-state index >= 15 is 0 Å². The molecule has 0 spiro atoms. The molecular formula is C23H23F2N5O2S. The molecule has 0 radical (unpaired) electrons. The van der Waals surface area contributed by atoms with Gasteiger partial charge in [0.05, 0.1) is 13.7 Å². The van der Waals surface area contributed by atoms with E-state index in [4.69, 9.17) is 9.72 Å². The summed E-state index contributed by atoms with van der Waals surface area (Å²) in [7, 11) is 3.45. The molecule has 0 aliphatic heterocycles. The van der Waals surface area contributed by atoms with E-state index in [1.165, 1.54) is 22.4 Å². The van der Waals surface area contributed by atoms with Crippen LogP contribution in [-0.2, 0) is 6.54 Å². The number of H-pyrrole nitrogens is 1. The second-order valence-electron chi connectivity index (χ2n) is 7.40. The Morgan fingerprint density at radius 1 is 1.12 bits per heavy atom. The van der Waals surface area contributed by atoms with Crippen molar-refractivity contribution in [1.29, 1.82) is 0 Å². The maximum Gasteiger partial charge on any atom is 0.328 e. The maximum atomic E-state index is 13.7. The molecule has 0 fully saturated rings. The number of aromatic nitrogens is 4. The van der Waals surface area contributed by atoms with E-state index in [2.05, 4.69) is 16.9 Å². The van der Waals surface area contributed by atoms with E-state index in [1.54, 1.807) is 7.11 Å². The van der Waals surface area contributed by atoms with Gasteiger partial charge in [0, 0.05) is 18.5 Å². The van der Waals surface area contributed by atoms with Crippen molar-refractivity contribution in [2.75, 3.05) is 24.8 Å². The van der Waals surface area contributed by atoms with Gasteiger partial charge >= 0.3 is 5.69 Å². The fraction of sp³-hybridized carbons (Fsp3) is 0.261. The summed E-state index contributed by atoms with van der Waals surface area (Å²) in [6.07, 6.45) is 0.935. The number of methoxy groups -OCH3 is 1. The van der Waals surface area contributed by atoms with Crippen LogP contribution in [-0.4, -0.2) is 39.4 Å². The van der Waals surface area contributed by atoms with E-state index < -0.39 is 17.3 Å². The summed E-state index contributed by atoms with van der Waals surface area (Å²) in [6.45, 7) is 2.10. The molecule has 10 heteroatoms. The summed E-state index contributed by atoms with van der Waals surface area (Å²) >= 11 is 1.49. The van der Waals surface area contributed by atoms with Crippen molar-refractivity contribution in [2.24, 2.45) is 0 Å². The van der Waals surface area contributed by atoms with Gasteiger partial charge in [-0.3, -0.25) is 4.57 Å². The Hall–Kier alpha value is -3.40. The van der Waals surface area contributed by atoms with Crippen molar-refractivity contribution in [1.82, 2.24) is 19.5 Å². The molecule has 2 aromatic carbocycles. The minimum Gasteiger partial charge on any atom is -0.497 e. The van der Waals surface area contributed by atoms with Crippen molar-refractivity contribution in [3.8, 4) is 5.75 Å². The number of benzene rings is 2. The Kier molecular flexibility index (Phi) is 6.64. The van der Waals surface area contributed by atoms with Crippen LogP contribution in [0, 0.1) is 11.6 Å². The summed E-state index contributed by atoms with van der Waals surface area (Å²) < 4.78 is 33.7. The fourth-order valence-electron chi connectivity index (χ4n) is 3.39. The van der Waals surface area contributed by atoms with Crippen molar-refractivity contribution >= 4 is 34.4 Å². The van der Waals surface area contributed by atoms with E-state index in [0.717, 1.165) is 35.7 Å². The molecule has 33 heavy (non-hydrogen) atoms. The molecule has 0 saturated heterocycles. The van der Waals surface area contributed by atoms with Gasteiger partial charge in [0.25, 0.3) is 0 Å². The average molecular weight is 472 g/mol. The van der Waals surface area contributed by atoms with Gasteiger partial charge in [0.2, 0.25) is 0 Å². The summed E-state index contributed by atoms with van der Waals surface area (Å²) in [6, 6.07) is 11.0. The molecule has 0 saturated carbocycles. The van der Waals surface area contributed by atoms with Crippen LogP contribution < -0.4 is 15.3 Å². The molecular weight excluding hydrogens is 448 g/mol. The van der Waals surface area contributed by atoms with E-state index in [0.29, 0.717) is 27.7 Å². The number of ether oxygens (including phenoxy) is 1. The fourth-order valence-corrected chi connectivity index (χ4v) is 4.08. The lowest BCUT2D eigenvalue weighted by atomic mass is 10.2. The molecule has 7 nitrogen and oxygen atoms in total. The lowest BCUT2D eigenvalue weighted by Crippen LogP contribution is -2.18. The van der Waals surface area contributed by atoms with Gasteiger partial charge in [-0.05, 0) is 48.4 Å². The van der Waals surface area contributed by atoms with Gasteiger partial charge in [0.15, 0.2) is 28.3 Å². The Morgan fingerprint density at radius 3 is 2.55 bits per heavy atom. The first-order valence-corrected chi connectivity index (χ1v) is 11.3. The first kappa shape index (κ1) is 22.8. The average Bonchev–Trinajstić information content (AvgIpc) is 3.14. The maximum absolute atomic E-state index is 13.7. The van der Waals surface area contributed by atoms with Crippen molar-refractivity contribution in [3.63, 3.8) is 0 Å². The van der Waals surface area contributed by atoms with E-state index in [-0.39, 0.29) is 6.54 Å². The smallest absolute Gasteiger partial charge is 0.328 e.